The second-order valence-corrected chi connectivity index (χ2v) is 8.84. The third-order valence-corrected chi connectivity index (χ3v) is 6.80. The molecule has 6 rings (SSSR count). The minimum absolute atomic E-state index is 0.833. The predicted molar refractivity (Wildman–Crippen MR) is 129 cm³/mol. The Balaban J connectivity index is 1.27. The van der Waals surface area contributed by atoms with Gasteiger partial charge in [0.15, 0.2) is 11.3 Å². The van der Waals surface area contributed by atoms with Crippen molar-refractivity contribution in [3.63, 3.8) is 0 Å². The molecule has 2 N–H and O–H groups in total. The first-order valence-electron chi connectivity index (χ1n) is 11.9. The molecule has 0 atom stereocenters. The normalized spacial score (nSPS) is 15.4. The van der Waals surface area contributed by atoms with Gasteiger partial charge in [-0.05, 0) is 86.8 Å². The maximum absolute atomic E-state index is 4.85. The lowest BCUT2D eigenvalue weighted by molar-refractivity contribution is 0.670. The Labute approximate surface area is 187 Å². The summed E-state index contributed by atoms with van der Waals surface area (Å²) in [6.07, 6.45) is 12.9. The van der Waals surface area contributed by atoms with Crippen molar-refractivity contribution in [3.8, 4) is 0 Å². The number of hydrogen-bond donors (Lipinski definition) is 2. The Morgan fingerprint density at radius 3 is 1.59 bits per heavy atom. The Morgan fingerprint density at radius 1 is 0.625 bits per heavy atom. The summed E-state index contributed by atoms with van der Waals surface area (Å²) >= 11 is 0. The average Bonchev–Trinajstić information content (AvgIpc) is 2.85. The lowest BCUT2D eigenvalue weighted by Crippen LogP contribution is -2.19. The van der Waals surface area contributed by atoms with E-state index in [1.165, 1.54) is 59.6 Å². The van der Waals surface area contributed by atoms with Crippen LogP contribution in [0.2, 0.25) is 0 Å². The monoisotopic (exact) mass is 424 g/mol. The van der Waals surface area contributed by atoms with Crippen LogP contribution in [0, 0.1) is 0 Å². The van der Waals surface area contributed by atoms with Crippen LogP contribution < -0.4 is 10.6 Å². The molecule has 32 heavy (non-hydrogen) atoms. The van der Waals surface area contributed by atoms with Crippen molar-refractivity contribution >= 4 is 33.4 Å². The zero-order valence-electron chi connectivity index (χ0n) is 18.3. The molecule has 0 fully saturated rings. The molecular formula is C26H28N6. The number of nitrogens with zero attached hydrogens (tertiary/aromatic N) is 4. The van der Waals surface area contributed by atoms with Crippen LogP contribution in [0.25, 0.3) is 22.1 Å². The minimum Gasteiger partial charge on any atom is -0.382 e. The van der Waals surface area contributed by atoms with Crippen LogP contribution >= 0.6 is 0 Å². The second-order valence-electron chi connectivity index (χ2n) is 8.84. The lowest BCUT2D eigenvalue weighted by Gasteiger charge is -2.23. The molecule has 0 bridgehead atoms. The van der Waals surface area contributed by atoms with Crippen LogP contribution in [0.5, 0.6) is 0 Å². The van der Waals surface area contributed by atoms with Gasteiger partial charge in [0, 0.05) is 47.6 Å². The molecule has 0 saturated heterocycles. The van der Waals surface area contributed by atoms with Crippen molar-refractivity contribution in [1.82, 2.24) is 19.9 Å². The van der Waals surface area contributed by atoms with Crippen LogP contribution in [-0.4, -0.2) is 33.0 Å². The van der Waals surface area contributed by atoms with E-state index in [1.807, 2.05) is 24.5 Å². The maximum atomic E-state index is 4.85. The number of hydrogen-bond acceptors (Lipinski definition) is 6. The predicted octanol–water partition coefficient (Wildman–Crippen LogP) is 4.85. The van der Waals surface area contributed by atoms with Crippen molar-refractivity contribution in [3.05, 3.63) is 59.2 Å². The summed E-state index contributed by atoms with van der Waals surface area (Å²) in [7, 11) is 0. The van der Waals surface area contributed by atoms with E-state index in [0.717, 1.165) is 60.8 Å². The summed E-state index contributed by atoms with van der Waals surface area (Å²) in [5, 5.41) is 9.74. The van der Waals surface area contributed by atoms with E-state index in [4.69, 9.17) is 9.97 Å². The van der Waals surface area contributed by atoms with E-state index in [-0.39, 0.29) is 0 Å². The van der Waals surface area contributed by atoms with Gasteiger partial charge in [0.2, 0.25) is 0 Å². The third kappa shape index (κ3) is 3.44. The van der Waals surface area contributed by atoms with E-state index < -0.39 is 0 Å². The van der Waals surface area contributed by atoms with Crippen LogP contribution in [-0.2, 0) is 25.7 Å². The highest BCUT2D eigenvalue weighted by atomic mass is 15.0. The number of rotatable bonds is 5. The van der Waals surface area contributed by atoms with Crippen molar-refractivity contribution in [1.29, 1.82) is 0 Å². The van der Waals surface area contributed by atoms with E-state index >= 15 is 0 Å². The first kappa shape index (κ1) is 19.4. The molecule has 0 spiro atoms. The van der Waals surface area contributed by atoms with Gasteiger partial charge in [-0.1, -0.05) is 0 Å². The smallest absolute Gasteiger partial charge is 0.161 e. The van der Waals surface area contributed by atoms with Crippen molar-refractivity contribution in [2.45, 2.75) is 51.4 Å². The van der Waals surface area contributed by atoms with Gasteiger partial charge in [0.05, 0.1) is 11.4 Å². The molecule has 0 radical (unpaired) electrons. The van der Waals surface area contributed by atoms with Crippen molar-refractivity contribution in [2.24, 2.45) is 0 Å². The molecule has 0 aromatic carbocycles. The molecule has 2 aliphatic rings. The topological polar surface area (TPSA) is 75.6 Å². The Kier molecular flexibility index (Phi) is 5.06. The number of aromatic nitrogens is 4. The molecular weight excluding hydrogens is 396 g/mol. The number of anilines is 2. The summed E-state index contributed by atoms with van der Waals surface area (Å²) in [6, 6.07) is 8.28. The van der Waals surface area contributed by atoms with Crippen LogP contribution in [0.1, 0.15) is 48.2 Å². The van der Waals surface area contributed by atoms with Gasteiger partial charge in [-0.15, -0.1) is 0 Å². The van der Waals surface area contributed by atoms with Crippen molar-refractivity contribution in [2.75, 3.05) is 23.7 Å². The number of aryl methyl sites for hydroxylation is 2. The molecule has 2 aliphatic carbocycles. The fraction of sp³-hybridized carbons (Fsp3) is 0.385. The Bertz CT molecular complexity index is 1200. The highest BCUT2D eigenvalue weighted by Gasteiger charge is 2.20. The van der Waals surface area contributed by atoms with Gasteiger partial charge in [0.1, 0.15) is 0 Å². The van der Waals surface area contributed by atoms with Crippen LogP contribution in [0.3, 0.4) is 0 Å². The first-order chi connectivity index (χ1) is 15.9. The fourth-order valence-electron chi connectivity index (χ4n) is 5.29. The van der Waals surface area contributed by atoms with Crippen molar-refractivity contribution < 1.29 is 0 Å². The largest absolute Gasteiger partial charge is 0.382 e. The van der Waals surface area contributed by atoms with Gasteiger partial charge in [-0.2, -0.15) is 0 Å². The highest BCUT2D eigenvalue weighted by Crippen LogP contribution is 2.34. The van der Waals surface area contributed by atoms with Gasteiger partial charge in [0.25, 0.3) is 0 Å². The summed E-state index contributed by atoms with van der Waals surface area (Å²) < 4.78 is 0. The number of pyridine rings is 4. The van der Waals surface area contributed by atoms with Gasteiger partial charge < -0.3 is 10.6 Å². The van der Waals surface area contributed by atoms with Gasteiger partial charge >= 0.3 is 0 Å². The number of fused-ring (bicyclic) bond motifs is 4. The summed E-state index contributed by atoms with van der Waals surface area (Å²) in [5.41, 5.74) is 9.36. The first-order valence-corrected chi connectivity index (χ1v) is 11.9. The van der Waals surface area contributed by atoms with E-state index in [1.54, 1.807) is 0 Å². The van der Waals surface area contributed by atoms with Crippen LogP contribution in [0.15, 0.2) is 36.7 Å². The fourth-order valence-corrected chi connectivity index (χ4v) is 5.29. The van der Waals surface area contributed by atoms with E-state index in [0.29, 0.717) is 0 Å². The Morgan fingerprint density at radius 2 is 1.09 bits per heavy atom. The second kappa shape index (κ2) is 8.34. The molecule has 4 aromatic rings. The summed E-state index contributed by atoms with van der Waals surface area (Å²) in [6.45, 7) is 1.67. The zero-order valence-corrected chi connectivity index (χ0v) is 18.3. The summed E-state index contributed by atoms with van der Waals surface area (Å²) in [5.74, 6) is 0. The molecule has 0 amide bonds. The van der Waals surface area contributed by atoms with Gasteiger partial charge in [-0.25, -0.2) is 19.9 Å². The molecule has 0 unspecified atom stereocenters. The lowest BCUT2D eigenvalue weighted by atomic mass is 9.93. The SMILES string of the molecule is c1cnc2nc3c(c(NCCNc4c5c(nc6ncccc46)CCCC5)c2c1)CCCC3. The maximum Gasteiger partial charge on any atom is 0.161 e. The van der Waals surface area contributed by atoms with E-state index in [9.17, 15) is 0 Å². The zero-order chi connectivity index (χ0) is 21.3. The molecule has 162 valence electrons. The van der Waals surface area contributed by atoms with Gasteiger partial charge in [-0.3, -0.25) is 0 Å². The minimum atomic E-state index is 0.833. The molecule has 4 heterocycles. The quantitative estimate of drug-likeness (QED) is 0.446. The molecule has 0 aliphatic heterocycles. The standard InChI is InChI=1S/C26H28N6/c1-3-11-21-17(7-1)23(19-9-5-13-29-25(19)31-21)27-15-16-28-24-18-8-2-4-12-22(18)32-26-20(24)10-6-14-30-26/h5-6,9-10,13-14H,1-4,7-8,11-12,15-16H2,(H,27,29,31)(H,28,30,32). The highest BCUT2D eigenvalue weighted by molar-refractivity contribution is 5.92. The van der Waals surface area contributed by atoms with E-state index in [2.05, 4.69) is 32.7 Å². The molecule has 0 saturated carbocycles. The Hall–Kier alpha value is -3.28. The van der Waals surface area contributed by atoms with Crippen LogP contribution in [0.4, 0.5) is 11.4 Å². The molecule has 4 aromatic heterocycles. The molecule has 6 nitrogen and oxygen atoms in total. The summed E-state index contributed by atoms with van der Waals surface area (Å²) in [4.78, 5) is 18.8. The third-order valence-electron chi connectivity index (χ3n) is 6.80. The average molecular weight is 425 g/mol. The molecule has 6 heteroatoms. The number of nitrogens with one attached hydrogen (secondary N) is 2.